The number of nitrogens with zero attached hydrogens (tertiary/aromatic N) is 2. The number of ether oxygens (including phenoxy) is 1. The topological polar surface area (TPSA) is 42.4 Å². The molecule has 0 aliphatic carbocycles. The first-order valence-electron chi connectivity index (χ1n) is 6.66. The zero-order valence-corrected chi connectivity index (χ0v) is 12.9. The monoisotopic (exact) mass is 326 g/mol. The molecule has 0 radical (unpaired) electrons. The van der Waals surface area contributed by atoms with Crippen LogP contribution in [-0.2, 0) is 9.53 Å². The Morgan fingerprint density at radius 3 is 2.84 bits per heavy atom. The summed E-state index contributed by atoms with van der Waals surface area (Å²) in [5, 5.41) is 0. The molecule has 0 N–H and O–H groups in total. The Morgan fingerprint density at radius 2 is 2.21 bits per heavy atom. The molecule has 4 nitrogen and oxygen atoms in total. The van der Waals surface area contributed by atoms with Crippen molar-refractivity contribution in [1.29, 1.82) is 0 Å². The van der Waals surface area contributed by atoms with Gasteiger partial charge in [-0.15, -0.1) is 0 Å². The Hall–Kier alpha value is -1.10. The van der Waals surface area contributed by atoms with Gasteiger partial charge in [-0.3, -0.25) is 4.79 Å². The van der Waals surface area contributed by atoms with E-state index in [9.17, 15) is 4.79 Å². The third kappa shape index (κ3) is 3.26. The normalized spacial score (nSPS) is 16.5. The standard InChI is InChI=1S/C14H19BrN2O2/c1-3-19-14(18)11-5-8-17(9-6-11)13-12(15)10(2)4-7-16-13/h4,7,11H,3,5-6,8-9H2,1-2H3. The second kappa shape index (κ2) is 6.37. The Balaban J connectivity index is 2.00. The lowest BCUT2D eigenvalue weighted by atomic mass is 9.97. The van der Waals surface area contributed by atoms with Gasteiger partial charge in [0.15, 0.2) is 0 Å². The van der Waals surface area contributed by atoms with Crippen LogP contribution >= 0.6 is 15.9 Å². The summed E-state index contributed by atoms with van der Waals surface area (Å²) in [6, 6.07) is 1.99. The second-order valence-corrected chi connectivity index (χ2v) is 5.57. The van der Waals surface area contributed by atoms with Crippen molar-refractivity contribution in [2.45, 2.75) is 26.7 Å². The van der Waals surface area contributed by atoms with E-state index in [0.29, 0.717) is 6.61 Å². The highest BCUT2D eigenvalue weighted by Gasteiger charge is 2.27. The quantitative estimate of drug-likeness (QED) is 0.801. The predicted molar refractivity (Wildman–Crippen MR) is 78.2 cm³/mol. The zero-order valence-electron chi connectivity index (χ0n) is 11.4. The molecule has 0 atom stereocenters. The molecule has 5 heteroatoms. The molecular weight excluding hydrogens is 308 g/mol. The van der Waals surface area contributed by atoms with Gasteiger partial charge in [0.2, 0.25) is 0 Å². The van der Waals surface area contributed by atoms with E-state index in [1.54, 1.807) is 0 Å². The van der Waals surface area contributed by atoms with Crippen molar-refractivity contribution in [1.82, 2.24) is 4.98 Å². The van der Waals surface area contributed by atoms with Crippen molar-refractivity contribution in [2.75, 3.05) is 24.6 Å². The number of carbonyl (C=O) groups is 1. The lowest BCUT2D eigenvalue weighted by molar-refractivity contribution is -0.148. The van der Waals surface area contributed by atoms with Gasteiger partial charge in [0, 0.05) is 19.3 Å². The molecule has 0 bridgehead atoms. The summed E-state index contributed by atoms with van der Waals surface area (Å²) >= 11 is 3.59. The van der Waals surface area contributed by atoms with Crippen molar-refractivity contribution in [2.24, 2.45) is 5.92 Å². The second-order valence-electron chi connectivity index (χ2n) is 4.78. The minimum absolute atomic E-state index is 0.0415. The molecule has 19 heavy (non-hydrogen) atoms. The first kappa shape index (κ1) is 14.3. The van der Waals surface area contributed by atoms with Crippen molar-refractivity contribution in [3.8, 4) is 0 Å². The number of carbonyl (C=O) groups excluding carboxylic acids is 1. The highest BCUT2D eigenvalue weighted by atomic mass is 79.9. The SMILES string of the molecule is CCOC(=O)C1CCN(c2nccc(C)c2Br)CC1. The van der Waals surface area contributed by atoms with Gasteiger partial charge in [-0.05, 0) is 54.2 Å². The number of anilines is 1. The van der Waals surface area contributed by atoms with Crippen molar-refractivity contribution in [3.05, 3.63) is 22.3 Å². The molecule has 1 aromatic rings. The van der Waals surface area contributed by atoms with Gasteiger partial charge in [0.25, 0.3) is 0 Å². The van der Waals surface area contributed by atoms with Crippen LogP contribution in [0.1, 0.15) is 25.3 Å². The fraction of sp³-hybridized carbons (Fsp3) is 0.571. The molecule has 1 aliphatic heterocycles. The molecule has 1 aromatic heterocycles. The molecular formula is C14H19BrN2O2. The maximum absolute atomic E-state index is 11.7. The predicted octanol–water partition coefficient (Wildman–Crippen LogP) is 2.93. The van der Waals surface area contributed by atoms with Gasteiger partial charge in [0.05, 0.1) is 17.0 Å². The van der Waals surface area contributed by atoms with Crippen LogP contribution in [0.3, 0.4) is 0 Å². The summed E-state index contributed by atoms with van der Waals surface area (Å²) in [4.78, 5) is 18.4. The number of aryl methyl sites for hydroxylation is 1. The summed E-state index contributed by atoms with van der Waals surface area (Å²) in [6.07, 6.45) is 3.49. The van der Waals surface area contributed by atoms with Crippen LogP contribution in [0.4, 0.5) is 5.82 Å². The Labute approximate surface area is 122 Å². The van der Waals surface area contributed by atoms with E-state index in [1.165, 1.54) is 5.56 Å². The summed E-state index contributed by atoms with van der Waals surface area (Å²) in [5.41, 5.74) is 1.18. The number of piperidine rings is 1. The average molecular weight is 327 g/mol. The van der Waals surface area contributed by atoms with Crippen LogP contribution in [0.25, 0.3) is 0 Å². The van der Waals surface area contributed by atoms with Crippen molar-refractivity contribution < 1.29 is 9.53 Å². The Morgan fingerprint density at radius 1 is 1.53 bits per heavy atom. The smallest absolute Gasteiger partial charge is 0.309 e. The number of rotatable bonds is 3. The maximum Gasteiger partial charge on any atom is 0.309 e. The Kier molecular flexibility index (Phi) is 4.80. The van der Waals surface area contributed by atoms with Crippen LogP contribution in [0, 0.1) is 12.8 Å². The van der Waals surface area contributed by atoms with E-state index < -0.39 is 0 Å². The van der Waals surface area contributed by atoms with Gasteiger partial charge < -0.3 is 9.64 Å². The summed E-state index contributed by atoms with van der Waals surface area (Å²) < 4.78 is 6.13. The number of hydrogen-bond donors (Lipinski definition) is 0. The average Bonchev–Trinajstić information content (AvgIpc) is 2.42. The Bertz CT molecular complexity index is 457. The highest BCUT2D eigenvalue weighted by molar-refractivity contribution is 9.10. The molecule has 0 amide bonds. The van der Waals surface area contributed by atoms with E-state index in [0.717, 1.165) is 36.2 Å². The number of aromatic nitrogens is 1. The van der Waals surface area contributed by atoms with Crippen LogP contribution in [0.5, 0.6) is 0 Å². The van der Waals surface area contributed by atoms with Gasteiger partial charge in [-0.2, -0.15) is 0 Å². The number of hydrogen-bond acceptors (Lipinski definition) is 4. The van der Waals surface area contributed by atoms with Crippen LogP contribution in [0.2, 0.25) is 0 Å². The largest absolute Gasteiger partial charge is 0.466 e. The van der Waals surface area contributed by atoms with E-state index in [-0.39, 0.29) is 11.9 Å². The van der Waals surface area contributed by atoms with Gasteiger partial charge in [-0.1, -0.05) is 0 Å². The molecule has 0 saturated carbocycles. The molecule has 0 unspecified atom stereocenters. The minimum atomic E-state index is -0.0570. The van der Waals surface area contributed by atoms with E-state index in [1.807, 2.05) is 19.2 Å². The van der Waals surface area contributed by atoms with Gasteiger partial charge >= 0.3 is 5.97 Å². The zero-order chi connectivity index (χ0) is 13.8. The highest BCUT2D eigenvalue weighted by Crippen LogP contribution is 2.30. The number of esters is 1. The summed E-state index contributed by atoms with van der Waals surface area (Å²) in [6.45, 7) is 6.06. The molecule has 1 aliphatic rings. The molecule has 104 valence electrons. The number of pyridine rings is 1. The summed E-state index contributed by atoms with van der Waals surface area (Å²) in [7, 11) is 0. The molecule has 0 spiro atoms. The van der Waals surface area contributed by atoms with E-state index in [4.69, 9.17) is 4.74 Å². The van der Waals surface area contributed by atoms with Crippen LogP contribution in [-0.4, -0.2) is 30.6 Å². The lowest BCUT2D eigenvalue weighted by Crippen LogP contribution is -2.37. The fourth-order valence-electron chi connectivity index (χ4n) is 2.33. The summed E-state index contributed by atoms with van der Waals surface area (Å²) in [5.74, 6) is 0.959. The molecule has 2 rings (SSSR count). The van der Waals surface area contributed by atoms with Gasteiger partial charge in [0.1, 0.15) is 5.82 Å². The van der Waals surface area contributed by atoms with Crippen LogP contribution in [0.15, 0.2) is 16.7 Å². The first-order chi connectivity index (χ1) is 9.13. The van der Waals surface area contributed by atoms with E-state index >= 15 is 0 Å². The molecule has 1 saturated heterocycles. The van der Waals surface area contributed by atoms with Crippen LogP contribution < -0.4 is 4.90 Å². The lowest BCUT2D eigenvalue weighted by Gasteiger charge is -2.32. The van der Waals surface area contributed by atoms with E-state index in [2.05, 4.69) is 32.7 Å². The molecule has 2 heterocycles. The fourth-order valence-corrected chi connectivity index (χ4v) is 2.82. The van der Waals surface area contributed by atoms with Crippen molar-refractivity contribution >= 4 is 27.7 Å². The minimum Gasteiger partial charge on any atom is -0.466 e. The molecule has 0 aromatic carbocycles. The maximum atomic E-state index is 11.7. The third-order valence-electron chi connectivity index (χ3n) is 3.48. The first-order valence-corrected chi connectivity index (χ1v) is 7.45. The van der Waals surface area contributed by atoms with Crippen molar-refractivity contribution in [3.63, 3.8) is 0 Å². The third-order valence-corrected chi connectivity index (χ3v) is 4.46. The molecule has 1 fully saturated rings. The van der Waals surface area contributed by atoms with Gasteiger partial charge in [-0.25, -0.2) is 4.98 Å². The number of halogens is 1.